The first-order valence-electron chi connectivity index (χ1n) is 10.4. The van der Waals surface area contributed by atoms with Crippen LogP contribution in [0.4, 0.5) is 0 Å². The Labute approximate surface area is 187 Å². The summed E-state index contributed by atoms with van der Waals surface area (Å²) in [6.45, 7) is 6.39. The van der Waals surface area contributed by atoms with Crippen molar-refractivity contribution in [3.63, 3.8) is 0 Å². The summed E-state index contributed by atoms with van der Waals surface area (Å²) in [7, 11) is 0. The number of hydrazone groups is 1. The highest BCUT2D eigenvalue weighted by atomic mass is 16.5. The van der Waals surface area contributed by atoms with Crippen molar-refractivity contribution in [3.05, 3.63) is 113 Å². The van der Waals surface area contributed by atoms with Gasteiger partial charge >= 0.3 is 5.91 Å². The van der Waals surface area contributed by atoms with Gasteiger partial charge in [-0.25, -0.2) is 5.43 Å². The maximum absolute atomic E-state index is 12.3. The normalized spacial score (nSPS) is 11.0. The summed E-state index contributed by atoms with van der Waals surface area (Å²) < 4.78 is 11.6. The van der Waals surface area contributed by atoms with E-state index in [0.29, 0.717) is 18.6 Å². The minimum Gasteiger partial charge on any atom is -0.489 e. The highest BCUT2D eigenvalue weighted by Crippen LogP contribution is 2.22. The number of fused-ring (bicyclic) bond motifs is 1. The summed E-state index contributed by atoms with van der Waals surface area (Å²) in [4.78, 5) is 12.3. The maximum Gasteiger partial charge on any atom is 0.307 e. The maximum atomic E-state index is 12.3. The van der Waals surface area contributed by atoms with E-state index >= 15 is 0 Å². The molecule has 0 unspecified atom stereocenters. The highest BCUT2D eigenvalue weighted by molar-refractivity contribution is 5.96. The molecular formula is C27H24N2O3. The van der Waals surface area contributed by atoms with Crippen molar-refractivity contribution in [3.8, 4) is 5.75 Å². The average Bonchev–Trinajstić information content (AvgIpc) is 3.24. The number of nitrogens with one attached hydrogen (secondary N) is 1. The van der Waals surface area contributed by atoms with Crippen LogP contribution in [-0.2, 0) is 13.0 Å². The smallest absolute Gasteiger partial charge is 0.307 e. The molecule has 0 saturated heterocycles. The molecule has 0 bridgehead atoms. The molecular weight excluding hydrogens is 400 g/mol. The quantitative estimate of drug-likeness (QED) is 0.220. The Kier molecular flexibility index (Phi) is 6.46. The first-order valence-corrected chi connectivity index (χ1v) is 10.4. The first kappa shape index (κ1) is 21.1. The number of aryl methyl sites for hydroxylation is 1. The van der Waals surface area contributed by atoms with E-state index < -0.39 is 5.91 Å². The van der Waals surface area contributed by atoms with Crippen LogP contribution in [-0.4, -0.2) is 12.1 Å². The third-order valence-corrected chi connectivity index (χ3v) is 4.99. The second kappa shape index (κ2) is 9.79. The standard InChI is InChI=1S/C27H24N2O3/c1-3-6-22-15-21(13-14-24(22)31-18-20-11-9-19(2)10-12-20)17-28-29-27(30)26-16-23-7-4-5-8-25(23)32-26/h3-5,7-17H,1,6,18H2,2H3,(H,29,30)/b28-17+. The van der Waals surface area contributed by atoms with Crippen molar-refractivity contribution >= 4 is 23.1 Å². The number of furan rings is 1. The summed E-state index contributed by atoms with van der Waals surface area (Å²) >= 11 is 0. The first-order chi connectivity index (χ1) is 15.6. The van der Waals surface area contributed by atoms with Crippen LogP contribution in [0.5, 0.6) is 5.75 Å². The predicted molar refractivity (Wildman–Crippen MR) is 127 cm³/mol. The van der Waals surface area contributed by atoms with Gasteiger partial charge < -0.3 is 9.15 Å². The van der Waals surface area contributed by atoms with E-state index in [0.717, 1.165) is 27.8 Å². The van der Waals surface area contributed by atoms with E-state index in [1.807, 2.05) is 48.5 Å². The summed E-state index contributed by atoms with van der Waals surface area (Å²) in [6, 6.07) is 23.2. The summed E-state index contributed by atoms with van der Waals surface area (Å²) in [5.74, 6) is 0.617. The lowest BCUT2D eigenvalue weighted by molar-refractivity contribution is 0.0929. The lowest BCUT2D eigenvalue weighted by Crippen LogP contribution is -2.16. The van der Waals surface area contributed by atoms with Gasteiger partial charge in [0.05, 0.1) is 6.21 Å². The molecule has 0 saturated carbocycles. The van der Waals surface area contributed by atoms with E-state index in [4.69, 9.17) is 9.15 Å². The lowest BCUT2D eigenvalue weighted by Gasteiger charge is -2.11. The number of nitrogens with zero attached hydrogens (tertiary/aromatic N) is 1. The molecule has 1 heterocycles. The van der Waals surface area contributed by atoms with E-state index in [9.17, 15) is 4.79 Å². The Morgan fingerprint density at radius 2 is 1.91 bits per heavy atom. The second-order valence-corrected chi connectivity index (χ2v) is 7.48. The average molecular weight is 425 g/mol. The number of carbonyl (C=O) groups excluding carboxylic acids is 1. The number of rotatable bonds is 8. The fraction of sp³-hybridized carbons (Fsp3) is 0.111. The van der Waals surface area contributed by atoms with Crippen molar-refractivity contribution in [2.75, 3.05) is 0 Å². The van der Waals surface area contributed by atoms with Gasteiger partial charge in [0.1, 0.15) is 17.9 Å². The number of para-hydroxylation sites is 1. The van der Waals surface area contributed by atoms with Gasteiger partial charge in [0.15, 0.2) is 5.76 Å². The number of carbonyl (C=O) groups is 1. The van der Waals surface area contributed by atoms with Crippen molar-refractivity contribution in [1.29, 1.82) is 0 Å². The van der Waals surface area contributed by atoms with E-state index in [1.54, 1.807) is 12.3 Å². The fourth-order valence-electron chi connectivity index (χ4n) is 3.30. The number of amides is 1. The van der Waals surface area contributed by atoms with Gasteiger partial charge in [0.25, 0.3) is 0 Å². The van der Waals surface area contributed by atoms with Gasteiger partial charge in [-0.2, -0.15) is 5.10 Å². The topological polar surface area (TPSA) is 63.8 Å². The van der Waals surface area contributed by atoms with E-state index in [2.05, 4.69) is 48.3 Å². The number of allylic oxidation sites excluding steroid dienone is 1. The zero-order valence-electron chi connectivity index (χ0n) is 17.9. The van der Waals surface area contributed by atoms with Crippen LogP contribution in [0, 0.1) is 6.92 Å². The third-order valence-electron chi connectivity index (χ3n) is 4.99. The van der Waals surface area contributed by atoms with Crippen LogP contribution >= 0.6 is 0 Å². The molecule has 0 spiro atoms. The molecule has 0 radical (unpaired) electrons. The van der Waals surface area contributed by atoms with Crippen LogP contribution in [0.1, 0.15) is 32.8 Å². The van der Waals surface area contributed by atoms with Crippen LogP contribution in [0.25, 0.3) is 11.0 Å². The highest BCUT2D eigenvalue weighted by Gasteiger charge is 2.11. The van der Waals surface area contributed by atoms with E-state index in [-0.39, 0.29) is 5.76 Å². The second-order valence-electron chi connectivity index (χ2n) is 7.48. The molecule has 0 aliphatic heterocycles. The molecule has 4 aromatic rings. The molecule has 0 fully saturated rings. The number of hydrogen-bond donors (Lipinski definition) is 1. The Bertz CT molecular complexity index is 1240. The van der Waals surface area contributed by atoms with Crippen LogP contribution < -0.4 is 10.2 Å². The third kappa shape index (κ3) is 5.13. The summed E-state index contributed by atoms with van der Waals surface area (Å²) in [5.41, 5.74) is 7.35. The number of ether oxygens (including phenoxy) is 1. The summed E-state index contributed by atoms with van der Waals surface area (Å²) in [6.07, 6.45) is 4.09. The van der Waals surface area contributed by atoms with Gasteiger partial charge in [-0.05, 0) is 60.4 Å². The molecule has 1 N–H and O–H groups in total. The molecule has 32 heavy (non-hydrogen) atoms. The molecule has 0 atom stereocenters. The molecule has 1 amide bonds. The minimum absolute atomic E-state index is 0.218. The molecule has 3 aromatic carbocycles. The molecule has 160 valence electrons. The minimum atomic E-state index is -0.401. The van der Waals surface area contributed by atoms with Crippen molar-refractivity contribution in [1.82, 2.24) is 5.43 Å². The van der Waals surface area contributed by atoms with Crippen LogP contribution in [0.2, 0.25) is 0 Å². The number of hydrogen-bond acceptors (Lipinski definition) is 4. The molecule has 0 aliphatic carbocycles. The Hall–Kier alpha value is -4.12. The molecule has 4 rings (SSSR count). The molecule has 5 nitrogen and oxygen atoms in total. The van der Waals surface area contributed by atoms with Crippen molar-refractivity contribution < 1.29 is 13.9 Å². The van der Waals surface area contributed by atoms with Crippen molar-refractivity contribution in [2.45, 2.75) is 20.0 Å². The SMILES string of the molecule is C=CCc1cc(/C=N/NC(=O)c2cc3ccccc3o2)ccc1OCc1ccc(C)cc1. The molecule has 1 aromatic heterocycles. The lowest BCUT2D eigenvalue weighted by atomic mass is 10.1. The Morgan fingerprint density at radius 3 is 2.69 bits per heavy atom. The number of benzene rings is 3. The zero-order valence-corrected chi connectivity index (χ0v) is 17.9. The van der Waals surface area contributed by atoms with Crippen LogP contribution in [0.15, 0.2) is 95.0 Å². The molecule has 0 aliphatic rings. The van der Waals surface area contributed by atoms with Crippen LogP contribution in [0.3, 0.4) is 0 Å². The van der Waals surface area contributed by atoms with Gasteiger partial charge in [-0.3, -0.25) is 4.79 Å². The Balaban J connectivity index is 1.41. The zero-order chi connectivity index (χ0) is 22.3. The fourth-order valence-corrected chi connectivity index (χ4v) is 3.30. The Morgan fingerprint density at radius 1 is 1.09 bits per heavy atom. The predicted octanol–water partition coefficient (Wildman–Crippen LogP) is 5.81. The largest absolute Gasteiger partial charge is 0.489 e. The monoisotopic (exact) mass is 424 g/mol. The van der Waals surface area contributed by atoms with Gasteiger partial charge in [0, 0.05) is 5.39 Å². The van der Waals surface area contributed by atoms with Crippen molar-refractivity contribution in [2.24, 2.45) is 5.10 Å². The van der Waals surface area contributed by atoms with Gasteiger partial charge in [-0.15, -0.1) is 6.58 Å². The molecule has 5 heteroatoms. The van der Waals surface area contributed by atoms with Gasteiger partial charge in [0.2, 0.25) is 0 Å². The summed E-state index contributed by atoms with van der Waals surface area (Å²) in [5, 5.41) is 4.94. The van der Waals surface area contributed by atoms with Gasteiger partial charge in [-0.1, -0.05) is 54.1 Å². The van der Waals surface area contributed by atoms with E-state index in [1.165, 1.54) is 5.56 Å².